The van der Waals surface area contributed by atoms with Gasteiger partial charge in [-0.2, -0.15) is 0 Å². The number of pyridine rings is 1. The zero-order chi connectivity index (χ0) is 16.2. The molecule has 1 aliphatic rings. The summed E-state index contributed by atoms with van der Waals surface area (Å²) in [5.74, 6) is 0. The molecule has 2 rings (SSSR count). The number of hydrogen-bond acceptors (Lipinski definition) is 4. The summed E-state index contributed by atoms with van der Waals surface area (Å²) >= 11 is 0. The van der Waals surface area contributed by atoms with Crippen molar-refractivity contribution in [1.29, 1.82) is 0 Å². The zero-order valence-electron chi connectivity index (χ0n) is 14.0. The van der Waals surface area contributed by atoms with Crippen LogP contribution in [-0.4, -0.2) is 40.2 Å². The molecule has 0 bridgehead atoms. The molecule has 22 heavy (non-hydrogen) atoms. The van der Waals surface area contributed by atoms with Crippen molar-refractivity contribution < 1.29 is 9.53 Å². The van der Waals surface area contributed by atoms with E-state index in [2.05, 4.69) is 17.2 Å². The first kappa shape index (κ1) is 16.6. The van der Waals surface area contributed by atoms with Gasteiger partial charge < -0.3 is 15.0 Å². The molecule has 5 heteroatoms. The molecular formula is C17H27N3O2. The second-order valence-corrected chi connectivity index (χ2v) is 6.99. The molecule has 0 radical (unpaired) electrons. The third-order valence-corrected chi connectivity index (χ3v) is 3.71. The van der Waals surface area contributed by atoms with E-state index in [4.69, 9.17) is 4.74 Å². The second kappa shape index (κ2) is 6.99. The van der Waals surface area contributed by atoms with Crippen molar-refractivity contribution in [2.24, 2.45) is 0 Å². The van der Waals surface area contributed by atoms with E-state index in [1.54, 1.807) is 6.20 Å². The minimum atomic E-state index is -0.441. The van der Waals surface area contributed by atoms with Gasteiger partial charge in [0.2, 0.25) is 0 Å². The summed E-state index contributed by atoms with van der Waals surface area (Å²) < 4.78 is 5.51. The van der Waals surface area contributed by atoms with Gasteiger partial charge in [0.1, 0.15) is 5.60 Å². The number of hydrogen-bond donors (Lipinski definition) is 1. The predicted molar refractivity (Wildman–Crippen MR) is 87.9 cm³/mol. The molecule has 1 aliphatic heterocycles. The maximum absolute atomic E-state index is 12.3. The largest absolute Gasteiger partial charge is 0.444 e. The number of nitrogens with one attached hydrogen (secondary N) is 1. The molecule has 5 nitrogen and oxygen atoms in total. The van der Waals surface area contributed by atoms with Crippen LogP contribution in [0.5, 0.6) is 0 Å². The van der Waals surface area contributed by atoms with E-state index in [1.165, 1.54) is 0 Å². The summed E-state index contributed by atoms with van der Waals surface area (Å²) in [5, 5.41) is 3.44. The number of aromatic nitrogens is 1. The number of amides is 1. The molecule has 1 saturated heterocycles. The first-order valence-corrected chi connectivity index (χ1v) is 8.01. The lowest BCUT2D eigenvalue weighted by molar-refractivity contribution is 0.0218. The molecule has 2 atom stereocenters. The number of likely N-dealkylation sites (tertiary alicyclic amines) is 1. The molecule has 1 fully saturated rings. The third kappa shape index (κ3) is 4.90. The number of ether oxygens (including phenoxy) is 1. The summed E-state index contributed by atoms with van der Waals surface area (Å²) in [5.41, 5.74) is 0.570. The number of rotatable bonds is 4. The fraction of sp³-hybridized carbons (Fsp3) is 0.647. The molecule has 0 aliphatic carbocycles. The van der Waals surface area contributed by atoms with Crippen LogP contribution in [0, 0.1) is 0 Å². The van der Waals surface area contributed by atoms with Crippen molar-refractivity contribution in [2.45, 2.75) is 64.6 Å². The summed E-state index contributed by atoms with van der Waals surface area (Å²) in [6.07, 6.45) is 6.38. The number of carbonyl (C=O) groups excluding carboxylic acids is 1. The SMILES string of the molecule is CC(CC1CCCN1C(=O)OC(C)(C)C)Nc1cccnc1. The Labute approximate surface area is 133 Å². The van der Waals surface area contributed by atoms with Crippen LogP contribution in [0.3, 0.4) is 0 Å². The Morgan fingerprint density at radius 1 is 1.55 bits per heavy atom. The normalized spacial score (nSPS) is 19.8. The zero-order valence-corrected chi connectivity index (χ0v) is 14.0. The van der Waals surface area contributed by atoms with E-state index in [0.717, 1.165) is 31.5 Å². The number of anilines is 1. The van der Waals surface area contributed by atoms with Gasteiger partial charge in [-0.25, -0.2) is 4.79 Å². The Kier molecular flexibility index (Phi) is 5.27. The summed E-state index contributed by atoms with van der Waals surface area (Å²) in [6, 6.07) is 4.44. The van der Waals surface area contributed by atoms with Gasteiger partial charge in [-0.3, -0.25) is 4.98 Å². The molecule has 2 heterocycles. The first-order valence-electron chi connectivity index (χ1n) is 8.01. The lowest BCUT2D eigenvalue weighted by atomic mass is 10.1. The Bertz CT molecular complexity index is 484. The van der Waals surface area contributed by atoms with Crippen LogP contribution in [0.25, 0.3) is 0 Å². The molecule has 1 aromatic rings. The molecule has 2 unspecified atom stereocenters. The monoisotopic (exact) mass is 305 g/mol. The van der Waals surface area contributed by atoms with Crippen molar-refractivity contribution in [3.63, 3.8) is 0 Å². The summed E-state index contributed by atoms with van der Waals surface area (Å²) in [4.78, 5) is 18.3. The van der Waals surface area contributed by atoms with E-state index in [-0.39, 0.29) is 18.2 Å². The second-order valence-electron chi connectivity index (χ2n) is 6.99. The maximum Gasteiger partial charge on any atom is 0.410 e. The quantitative estimate of drug-likeness (QED) is 0.922. The van der Waals surface area contributed by atoms with E-state index >= 15 is 0 Å². The van der Waals surface area contributed by atoms with Gasteiger partial charge in [0.25, 0.3) is 0 Å². The molecule has 0 aromatic carbocycles. The van der Waals surface area contributed by atoms with Crippen LogP contribution in [-0.2, 0) is 4.74 Å². The van der Waals surface area contributed by atoms with Gasteiger partial charge in [-0.15, -0.1) is 0 Å². The smallest absolute Gasteiger partial charge is 0.410 e. The first-order chi connectivity index (χ1) is 10.3. The Balaban J connectivity index is 1.89. The Morgan fingerprint density at radius 3 is 2.95 bits per heavy atom. The van der Waals surface area contributed by atoms with Crippen molar-refractivity contribution in [1.82, 2.24) is 9.88 Å². The highest BCUT2D eigenvalue weighted by Crippen LogP contribution is 2.24. The van der Waals surface area contributed by atoms with Gasteiger partial charge in [-0.05, 0) is 59.1 Å². The highest BCUT2D eigenvalue weighted by atomic mass is 16.6. The molecule has 1 aromatic heterocycles. The molecule has 1 N–H and O–H groups in total. The van der Waals surface area contributed by atoms with Gasteiger partial charge in [0, 0.05) is 31.0 Å². The number of nitrogens with zero attached hydrogens (tertiary/aromatic N) is 2. The predicted octanol–water partition coefficient (Wildman–Crippen LogP) is 3.67. The van der Waals surface area contributed by atoms with Gasteiger partial charge >= 0.3 is 6.09 Å². The fourth-order valence-corrected chi connectivity index (χ4v) is 2.84. The minimum Gasteiger partial charge on any atom is -0.444 e. The van der Waals surface area contributed by atoms with Crippen molar-refractivity contribution in [2.75, 3.05) is 11.9 Å². The summed E-state index contributed by atoms with van der Waals surface area (Å²) in [6.45, 7) is 8.64. The fourth-order valence-electron chi connectivity index (χ4n) is 2.84. The van der Waals surface area contributed by atoms with Crippen LogP contribution in [0.15, 0.2) is 24.5 Å². The molecule has 122 valence electrons. The summed E-state index contributed by atoms with van der Waals surface area (Å²) in [7, 11) is 0. The van der Waals surface area contributed by atoms with Crippen molar-refractivity contribution in [3.8, 4) is 0 Å². The van der Waals surface area contributed by atoms with E-state index < -0.39 is 5.60 Å². The third-order valence-electron chi connectivity index (χ3n) is 3.71. The average molecular weight is 305 g/mol. The van der Waals surface area contributed by atoms with Crippen LogP contribution in [0.2, 0.25) is 0 Å². The Hall–Kier alpha value is -1.78. The topological polar surface area (TPSA) is 54.5 Å². The molecular weight excluding hydrogens is 278 g/mol. The van der Waals surface area contributed by atoms with E-state index in [0.29, 0.717) is 0 Å². The highest BCUT2D eigenvalue weighted by Gasteiger charge is 2.32. The van der Waals surface area contributed by atoms with Gasteiger partial charge in [0.05, 0.1) is 5.69 Å². The molecule has 0 saturated carbocycles. The van der Waals surface area contributed by atoms with Gasteiger partial charge in [-0.1, -0.05) is 0 Å². The Morgan fingerprint density at radius 2 is 2.32 bits per heavy atom. The average Bonchev–Trinajstić information content (AvgIpc) is 2.86. The highest BCUT2D eigenvalue weighted by molar-refractivity contribution is 5.69. The molecule has 1 amide bonds. The maximum atomic E-state index is 12.3. The minimum absolute atomic E-state index is 0.191. The van der Waals surface area contributed by atoms with Crippen LogP contribution in [0.1, 0.15) is 47.0 Å². The standard InChI is InChI=1S/C17H27N3O2/c1-13(19-14-7-5-9-18-12-14)11-15-8-6-10-20(15)16(21)22-17(2,3)4/h5,7,9,12-13,15,19H,6,8,10-11H2,1-4H3. The van der Waals surface area contributed by atoms with Crippen LogP contribution >= 0.6 is 0 Å². The van der Waals surface area contributed by atoms with E-state index in [9.17, 15) is 4.79 Å². The van der Waals surface area contributed by atoms with Crippen LogP contribution < -0.4 is 5.32 Å². The van der Waals surface area contributed by atoms with Crippen LogP contribution in [0.4, 0.5) is 10.5 Å². The lowest BCUT2D eigenvalue weighted by Gasteiger charge is -2.30. The van der Waals surface area contributed by atoms with E-state index in [1.807, 2.05) is 44.0 Å². The number of carbonyl (C=O) groups is 1. The van der Waals surface area contributed by atoms with Crippen molar-refractivity contribution in [3.05, 3.63) is 24.5 Å². The van der Waals surface area contributed by atoms with Crippen molar-refractivity contribution >= 4 is 11.8 Å². The molecule has 0 spiro atoms. The lowest BCUT2D eigenvalue weighted by Crippen LogP contribution is -2.41. The van der Waals surface area contributed by atoms with Gasteiger partial charge in [0.15, 0.2) is 0 Å².